The van der Waals surface area contributed by atoms with Gasteiger partial charge in [-0.1, -0.05) is 13.8 Å². The van der Waals surface area contributed by atoms with Crippen LogP contribution in [0.2, 0.25) is 0 Å². The van der Waals surface area contributed by atoms with Crippen molar-refractivity contribution in [2.45, 2.75) is 18.7 Å². The summed E-state index contributed by atoms with van der Waals surface area (Å²) in [6, 6.07) is 0.703. The lowest BCUT2D eigenvalue weighted by Crippen LogP contribution is -2.32. The van der Waals surface area contributed by atoms with Gasteiger partial charge >= 0.3 is 0 Å². The van der Waals surface area contributed by atoms with Crippen LogP contribution in [0.15, 0.2) is 15.4 Å². The van der Waals surface area contributed by atoms with Gasteiger partial charge in [0.15, 0.2) is 5.82 Å². The second-order valence-corrected chi connectivity index (χ2v) is 8.23. The van der Waals surface area contributed by atoms with Crippen LogP contribution < -0.4 is 0 Å². The van der Waals surface area contributed by atoms with Crippen molar-refractivity contribution in [2.75, 3.05) is 13.6 Å². The van der Waals surface area contributed by atoms with Gasteiger partial charge in [0, 0.05) is 28.7 Å². The average molecular weight is 405 g/mol. The molecule has 1 aromatic carbocycles. The highest BCUT2D eigenvalue weighted by molar-refractivity contribution is 9.10. The summed E-state index contributed by atoms with van der Waals surface area (Å²) in [5.74, 6) is -3.54. The van der Waals surface area contributed by atoms with Crippen molar-refractivity contribution < 1.29 is 22.0 Å². The Morgan fingerprint density at radius 1 is 1.43 bits per heavy atom. The highest BCUT2D eigenvalue weighted by Crippen LogP contribution is 2.32. The Hall–Kier alpha value is -0.730. The number of carbonyl (C=O) groups excluding carboxylic acids is 1. The van der Waals surface area contributed by atoms with Crippen LogP contribution in [-0.2, 0) is 9.05 Å². The molecule has 0 aliphatic heterocycles. The van der Waals surface area contributed by atoms with E-state index >= 15 is 0 Å². The fourth-order valence-corrected chi connectivity index (χ4v) is 4.17. The van der Waals surface area contributed by atoms with Gasteiger partial charge in [-0.3, -0.25) is 4.79 Å². The number of amides is 1. The molecule has 0 atom stereocenters. The lowest BCUT2D eigenvalue weighted by atomic mass is 10.1. The largest absolute Gasteiger partial charge is 0.341 e. The van der Waals surface area contributed by atoms with Crippen LogP contribution in [-0.4, -0.2) is 32.8 Å². The van der Waals surface area contributed by atoms with E-state index in [1.165, 1.54) is 7.05 Å². The molecule has 0 heterocycles. The average Bonchev–Trinajstić information content (AvgIpc) is 2.24. The molecule has 0 aromatic heterocycles. The van der Waals surface area contributed by atoms with E-state index in [1.54, 1.807) is 0 Å². The van der Waals surface area contributed by atoms with Gasteiger partial charge in [-0.05, 0) is 27.9 Å². The Balaban J connectivity index is 3.48. The third-order valence-corrected chi connectivity index (χ3v) is 4.81. The van der Waals surface area contributed by atoms with Crippen molar-refractivity contribution in [1.82, 2.24) is 4.90 Å². The second kappa shape index (κ2) is 6.58. The summed E-state index contributed by atoms with van der Waals surface area (Å²) in [7, 11) is 2.02. The molecule has 0 radical (unpaired) electrons. The minimum Gasteiger partial charge on any atom is -0.341 e. The Labute approximate surface area is 134 Å². The summed E-state index contributed by atoms with van der Waals surface area (Å²) >= 11 is 2.73. The molecule has 1 amide bonds. The molecule has 9 heteroatoms. The van der Waals surface area contributed by atoms with Gasteiger partial charge in [0.1, 0.15) is 16.3 Å². The molecular weight excluding hydrogens is 392 g/mol. The first-order valence-corrected chi connectivity index (χ1v) is 8.94. The van der Waals surface area contributed by atoms with Crippen LogP contribution in [0.1, 0.15) is 24.2 Å². The van der Waals surface area contributed by atoms with Crippen LogP contribution in [0.3, 0.4) is 0 Å². The predicted molar refractivity (Wildman–Crippen MR) is 78.9 cm³/mol. The molecule has 0 saturated carbocycles. The Morgan fingerprint density at radius 2 is 1.95 bits per heavy atom. The lowest BCUT2D eigenvalue weighted by molar-refractivity contribution is 0.0768. The van der Waals surface area contributed by atoms with Gasteiger partial charge in [0.05, 0.1) is 0 Å². The molecular formula is C12H13BrClF2NO3S. The van der Waals surface area contributed by atoms with Crippen LogP contribution in [0.25, 0.3) is 0 Å². The first-order valence-electron chi connectivity index (χ1n) is 5.84. The van der Waals surface area contributed by atoms with Gasteiger partial charge in [-0.25, -0.2) is 17.2 Å². The minimum absolute atomic E-state index is 0.0803. The zero-order valence-electron chi connectivity index (χ0n) is 11.5. The number of hydrogen-bond donors (Lipinski definition) is 0. The number of hydrogen-bond acceptors (Lipinski definition) is 3. The maximum Gasteiger partial charge on any atom is 0.265 e. The smallest absolute Gasteiger partial charge is 0.265 e. The molecule has 4 nitrogen and oxygen atoms in total. The maximum atomic E-state index is 14.3. The lowest BCUT2D eigenvalue weighted by Gasteiger charge is -2.20. The van der Waals surface area contributed by atoms with E-state index in [2.05, 4.69) is 15.9 Å². The molecule has 0 fully saturated rings. The predicted octanol–water partition coefficient (Wildman–Crippen LogP) is 3.38. The second-order valence-electron chi connectivity index (χ2n) is 4.88. The summed E-state index contributed by atoms with van der Waals surface area (Å²) in [4.78, 5) is 12.3. The van der Waals surface area contributed by atoms with Gasteiger partial charge < -0.3 is 4.90 Å². The van der Waals surface area contributed by atoms with Crippen LogP contribution >= 0.6 is 26.6 Å². The van der Waals surface area contributed by atoms with E-state index in [-0.39, 0.29) is 16.9 Å². The molecule has 0 aliphatic rings. The van der Waals surface area contributed by atoms with Crippen molar-refractivity contribution in [3.05, 3.63) is 27.7 Å². The van der Waals surface area contributed by atoms with Crippen LogP contribution in [0, 0.1) is 17.6 Å². The van der Waals surface area contributed by atoms with Crippen LogP contribution in [0.4, 0.5) is 8.78 Å². The maximum absolute atomic E-state index is 14.3. The molecule has 21 heavy (non-hydrogen) atoms. The van der Waals surface area contributed by atoms with Gasteiger partial charge in [-0.15, -0.1) is 0 Å². The first-order chi connectivity index (χ1) is 9.46. The summed E-state index contributed by atoms with van der Waals surface area (Å²) in [5.41, 5.74) is -0.944. The molecule has 0 aliphatic carbocycles. The third-order valence-electron chi connectivity index (χ3n) is 2.57. The molecule has 0 bridgehead atoms. The number of rotatable bonds is 4. The van der Waals surface area contributed by atoms with E-state index in [1.807, 2.05) is 13.8 Å². The third kappa shape index (κ3) is 4.14. The summed E-state index contributed by atoms with van der Waals surface area (Å²) in [5, 5.41) is 0. The fraction of sp³-hybridized carbons (Fsp3) is 0.417. The SMILES string of the molecule is CC(C)CN(C)C(=O)c1c(F)cc(Br)c(S(=O)(=O)Cl)c1F. The van der Waals surface area contributed by atoms with E-state index in [0.29, 0.717) is 6.07 Å². The quantitative estimate of drug-likeness (QED) is 0.723. The normalized spacial score (nSPS) is 11.8. The van der Waals surface area contributed by atoms with Crippen molar-refractivity contribution in [2.24, 2.45) is 5.92 Å². The van der Waals surface area contributed by atoms with Gasteiger partial charge in [0.2, 0.25) is 0 Å². The molecule has 0 N–H and O–H groups in total. The minimum atomic E-state index is -4.47. The highest BCUT2D eigenvalue weighted by Gasteiger charge is 2.30. The van der Waals surface area contributed by atoms with Crippen molar-refractivity contribution in [3.63, 3.8) is 0 Å². The summed E-state index contributed by atoms with van der Waals surface area (Å²) < 4.78 is 50.5. The molecule has 0 unspecified atom stereocenters. The van der Waals surface area contributed by atoms with Gasteiger partial charge in [-0.2, -0.15) is 0 Å². The van der Waals surface area contributed by atoms with Crippen LogP contribution in [0.5, 0.6) is 0 Å². The summed E-state index contributed by atoms with van der Waals surface area (Å²) in [6.45, 7) is 3.91. The first kappa shape index (κ1) is 18.3. The molecule has 0 saturated heterocycles. The topological polar surface area (TPSA) is 54.5 Å². The van der Waals surface area contributed by atoms with E-state index in [0.717, 1.165) is 4.90 Å². The number of nitrogens with zero attached hydrogens (tertiary/aromatic N) is 1. The number of benzene rings is 1. The molecule has 1 rings (SSSR count). The Bertz CT molecular complexity index is 680. The summed E-state index contributed by atoms with van der Waals surface area (Å²) in [6.07, 6.45) is 0. The van der Waals surface area contributed by atoms with Crippen molar-refractivity contribution in [3.8, 4) is 0 Å². The Kier molecular flexibility index (Phi) is 5.74. The molecule has 118 valence electrons. The van der Waals surface area contributed by atoms with E-state index < -0.39 is 37.1 Å². The zero-order chi connectivity index (χ0) is 16.5. The van der Waals surface area contributed by atoms with Crippen molar-refractivity contribution in [1.29, 1.82) is 0 Å². The fourth-order valence-electron chi connectivity index (χ4n) is 1.81. The molecule has 1 aromatic rings. The number of halogens is 4. The highest BCUT2D eigenvalue weighted by atomic mass is 79.9. The van der Waals surface area contributed by atoms with E-state index in [9.17, 15) is 22.0 Å². The van der Waals surface area contributed by atoms with Gasteiger partial charge in [0.25, 0.3) is 15.0 Å². The van der Waals surface area contributed by atoms with E-state index in [4.69, 9.17) is 10.7 Å². The number of carbonyl (C=O) groups is 1. The zero-order valence-corrected chi connectivity index (χ0v) is 14.6. The monoisotopic (exact) mass is 403 g/mol. The Morgan fingerprint density at radius 3 is 2.38 bits per heavy atom. The standard InChI is InChI=1S/C12H13BrClF2NO3S/c1-6(2)5-17(3)12(18)9-8(15)4-7(13)11(10(9)16)21(14,19)20/h4,6H,5H2,1-3H3. The van der Waals surface area contributed by atoms with Crippen molar-refractivity contribution >= 4 is 41.6 Å². The molecule has 0 spiro atoms.